The first-order valence-electron chi connectivity index (χ1n) is 10.7. The van der Waals surface area contributed by atoms with E-state index >= 15 is 0 Å². The molecule has 1 N–H and O–H groups in total. The van der Waals surface area contributed by atoms with E-state index in [4.69, 9.17) is 11.6 Å². The zero-order chi connectivity index (χ0) is 22.3. The topological polar surface area (TPSA) is 65.5 Å². The molecule has 0 atom stereocenters. The molecule has 0 radical (unpaired) electrons. The second-order valence-corrected chi connectivity index (χ2v) is 8.19. The predicted octanol–water partition coefficient (Wildman–Crippen LogP) is 4.27. The smallest absolute Gasteiger partial charge is 0.255 e. The van der Waals surface area contributed by atoms with Crippen molar-refractivity contribution in [3.05, 3.63) is 89.1 Å². The summed E-state index contributed by atoms with van der Waals surface area (Å²) in [4.78, 5) is 33.7. The van der Waals surface area contributed by atoms with Crippen LogP contribution in [0.2, 0.25) is 5.02 Å². The van der Waals surface area contributed by atoms with Crippen molar-refractivity contribution in [1.82, 2.24) is 9.88 Å². The van der Waals surface area contributed by atoms with E-state index < -0.39 is 0 Å². The Morgan fingerprint density at radius 1 is 0.906 bits per heavy atom. The van der Waals surface area contributed by atoms with Crippen LogP contribution in [-0.2, 0) is 11.2 Å². The van der Waals surface area contributed by atoms with Crippen LogP contribution >= 0.6 is 11.6 Å². The van der Waals surface area contributed by atoms with E-state index in [1.54, 1.807) is 30.5 Å². The summed E-state index contributed by atoms with van der Waals surface area (Å²) in [6, 6.07) is 20.3. The molecular weight excluding hydrogens is 424 g/mol. The lowest BCUT2D eigenvalue weighted by molar-refractivity contribution is -0.130. The van der Waals surface area contributed by atoms with Gasteiger partial charge in [0.2, 0.25) is 5.91 Å². The summed E-state index contributed by atoms with van der Waals surface area (Å²) >= 11 is 5.87. The highest BCUT2D eigenvalue weighted by atomic mass is 35.5. The van der Waals surface area contributed by atoms with E-state index in [2.05, 4.69) is 15.2 Å². The number of pyridine rings is 1. The van der Waals surface area contributed by atoms with Crippen LogP contribution in [0.3, 0.4) is 0 Å². The monoisotopic (exact) mass is 448 g/mol. The van der Waals surface area contributed by atoms with Crippen molar-refractivity contribution in [2.75, 3.05) is 36.4 Å². The molecule has 0 spiro atoms. The molecule has 32 heavy (non-hydrogen) atoms. The molecule has 1 fully saturated rings. The van der Waals surface area contributed by atoms with Gasteiger partial charge < -0.3 is 15.1 Å². The molecule has 6 nitrogen and oxygen atoms in total. The van der Waals surface area contributed by atoms with Gasteiger partial charge in [0.05, 0.1) is 18.3 Å². The van der Waals surface area contributed by atoms with E-state index in [1.165, 1.54) is 0 Å². The molecule has 2 amide bonds. The number of benzene rings is 2. The summed E-state index contributed by atoms with van der Waals surface area (Å²) in [5, 5.41) is 3.44. The number of nitrogens with zero attached hydrogens (tertiary/aromatic N) is 3. The molecular formula is C25H25ClN4O2. The van der Waals surface area contributed by atoms with E-state index in [0.29, 0.717) is 29.2 Å². The summed E-state index contributed by atoms with van der Waals surface area (Å²) in [7, 11) is 0. The van der Waals surface area contributed by atoms with Crippen LogP contribution in [0.5, 0.6) is 0 Å². The molecule has 0 unspecified atom stereocenters. The van der Waals surface area contributed by atoms with Gasteiger partial charge >= 0.3 is 0 Å². The third-order valence-corrected chi connectivity index (χ3v) is 5.73. The number of amides is 2. The van der Waals surface area contributed by atoms with Crippen LogP contribution in [0.1, 0.15) is 22.3 Å². The molecule has 3 aromatic rings. The van der Waals surface area contributed by atoms with Gasteiger partial charge in [0.15, 0.2) is 0 Å². The maximum atomic E-state index is 12.7. The Hall–Kier alpha value is -3.38. The van der Waals surface area contributed by atoms with Gasteiger partial charge in [-0.3, -0.25) is 9.59 Å². The van der Waals surface area contributed by atoms with Crippen LogP contribution < -0.4 is 10.2 Å². The standard InChI is InChI=1S/C25H25ClN4O2/c26-21-9-7-20(8-10-21)25(32)28-22-11-12-23(27-18-22)29-13-4-14-30(16-15-29)24(31)17-19-5-2-1-3-6-19/h1-3,5-12,18H,4,13-17H2,(H,28,32). The number of hydrogen-bond donors (Lipinski definition) is 1. The fourth-order valence-corrected chi connectivity index (χ4v) is 3.86. The molecule has 4 rings (SSSR count). The molecule has 1 aromatic heterocycles. The fourth-order valence-electron chi connectivity index (χ4n) is 3.73. The number of carbonyl (C=O) groups is 2. The first-order chi connectivity index (χ1) is 15.6. The zero-order valence-corrected chi connectivity index (χ0v) is 18.5. The normalized spacial score (nSPS) is 14.0. The minimum atomic E-state index is -0.210. The summed E-state index contributed by atoms with van der Waals surface area (Å²) in [6.07, 6.45) is 2.98. The van der Waals surface area contributed by atoms with E-state index in [-0.39, 0.29) is 11.8 Å². The average molecular weight is 449 g/mol. The number of rotatable bonds is 5. The first-order valence-corrected chi connectivity index (χ1v) is 11.1. The van der Waals surface area contributed by atoms with Crippen LogP contribution in [0.4, 0.5) is 11.5 Å². The lowest BCUT2D eigenvalue weighted by atomic mass is 10.1. The largest absolute Gasteiger partial charge is 0.355 e. The molecule has 1 aliphatic heterocycles. The molecule has 164 valence electrons. The maximum Gasteiger partial charge on any atom is 0.255 e. The number of hydrogen-bond acceptors (Lipinski definition) is 4. The van der Waals surface area contributed by atoms with Crippen LogP contribution in [0, 0.1) is 0 Å². The quantitative estimate of drug-likeness (QED) is 0.633. The molecule has 2 aromatic carbocycles. The molecule has 1 saturated heterocycles. The lowest BCUT2D eigenvalue weighted by Gasteiger charge is -2.23. The minimum Gasteiger partial charge on any atom is -0.355 e. The number of aromatic nitrogens is 1. The highest BCUT2D eigenvalue weighted by Gasteiger charge is 2.20. The van der Waals surface area contributed by atoms with Crippen LogP contribution in [-0.4, -0.2) is 47.9 Å². The molecule has 2 heterocycles. The third kappa shape index (κ3) is 5.65. The van der Waals surface area contributed by atoms with Crippen LogP contribution in [0.25, 0.3) is 0 Å². The zero-order valence-electron chi connectivity index (χ0n) is 17.7. The summed E-state index contributed by atoms with van der Waals surface area (Å²) < 4.78 is 0. The number of halogens is 1. The van der Waals surface area contributed by atoms with Gasteiger partial charge in [0.25, 0.3) is 5.91 Å². The van der Waals surface area contributed by atoms with Crippen molar-refractivity contribution in [3.63, 3.8) is 0 Å². The predicted molar refractivity (Wildman–Crippen MR) is 127 cm³/mol. The fraction of sp³-hybridized carbons (Fsp3) is 0.240. The Labute approximate surface area is 192 Å². The van der Waals surface area contributed by atoms with E-state index in [9.17, 15) is 9.59 Å². The number of anilines is 2. The second-order valence-electron chi connectivity index (χ2n) is 7.75. The Bertz CT molecular complexity index is 1060. The molecule has 0 bridgehead atoms. The second kappa shape index (κ2) is 10.3. The number of carbonyl (C=O) groups excluding carboxylic acids is 2. The van der Waals surface area contributed by atoms with Gasteiger partial charge in [0.1, 0.15) is 5.82 Å². The Morgan fingerprint density at radius 3 is 2.41 bits per heavy atom. The lowest BCUT2D eigenvalue weighted by Crippen LogP contribution is -2.36. The van der Waals surface area contributed by atoms with Crippen molar-refractivity contribution in [1.29, 1.82) is 0 Å². The maximum absolute atomic E-state index is 12.7. The minimum absolute atomic E-state index is 0.159. The van der Waals surface area contributed by atoms with Crippen molar-refractivity contribution >= 4 is 34.9 Å². The number of nitrogens with one attached hydrogen (secondary N) is 1. The summed E-state index contributed by atoms with van der Waals surface area (Å²) in [5.74, 6) is 0.789. The highest BCUT2D eigenvalue weighted by Crippen LogP contribution is 2.18. The summed E-state index contributed by atoms with van der Waals surface area (Å²) in [6.45, 7) is 2.97. The van der Waals surface area contributed by atoms with E-state index in [1.807, 2.05) is 47.4 Å². The summed E-state index contributed by atoms with van der Waals surface area (Å²) in [5.41, 5.74) is 2.20. The first kappa shape index (κ1) is 21.8. The van der Waals surface area contributed by atoms with E-state index in [0.717, 1.165) is 37.4 Å². The van der Waals surface area contributed by atoms with Gasteiger partial charge in [-0.1, -0.05) is 41.9 Å². The van der Waals surface area contributed by atoms with Crippen LogP contribution in [0.15, 0.2) is 72.9 Å². The Kier molecular flexibility index (Phi) is 7.02. The third-order valence-electron chi connectivity index (χ3n) is 5.48. The van der Waals surface area contributed by atoms with Gasteiger partial charge in [-0.2, -0.15) is 0 Å². The van der Waals surface area contributed by atoms with Gasteiger partial charge in [-0.15, -0.1) is 0 Å². The SMILES string of the molecule is O=C(Nc1ccc(N2CCCN(C(=O)Cc3ccccc3)CC2)nc1)c1ccc(Cl)cc1. The van der Waals surface area contributed by atoms with Crippen molar-refractivity contribution < 1.29 is 9.59 Å². The molecule has 7 heteroatoms. The molecule has 0 aliphatic carbocycles. The van der Waals surface area contributed by atoms with Gasteiger partial charge in [0, 0.05) is 36.8 Å². The Morgan fingerprint density at radius 2 is 1.69 bits per heavy atom. The van der Waals surface area contributed by atoms with Gasteiger partial charge in [-0.05, 0) is 48.4 Å². The van der Waals surface area contributed by atoms with Gasteiger partial charge in [-0.25, -0.2) is 4.98 Å². The van der Waals surface area contributed by atoms with Crippen molar-refractivity contribution in [2.45, 2.75) is 12.8 Å². The molecule has 0 saturated carbocycles. The Balaban J connectivity index is 1.32. The van der Waals surface area contributed by atoms with Crippen molar-refractivity contribution in [3.8, 4) is 0 Å². The average Bonchev–Trinajstić information content (AvgIpc) is 3.07. The molecule has 1 aliphatic rings. The highest BCUT2D eigenvalue weighted by molar-refractivity contribution is 6.30. The van der Waals surface area contributed by atoms with Crippen molar-refractivity contribution in [2.24, 2.45) is 0 Å².